The van der Waals surface area contributed by atoms with Gasteiger partial charge in [-0.25, -0.2) is 0 Å². The van der Waals surface area contributed by atoms with Gasteiger partial charge in [0.05, 0.1) is 11.2 Å². The lowest BCUT2D eigenvalue weighted by molar-refractivity contribution is 0.473. The zero-order valence-electron chi connectivity index (χ0n) is 11.5. The first-order valence-corrected chi connectivity index (χ1v) is 6.97. The molecule has 0 fully saturated rings. The van der Waals surface area contributed by atoms with Gasteiger partial charge in [-0.05, 0) is 37.6 Å². The monoisotopic (exact) mass is 285 g/mol. The molecule has 0 unspecified atom stereocenters. The van der Waals surface area contributed by atoms with Crippen LogP contribution in [0.3, 0.4) is 0 Å². The molecule has 0 aliphatic heterocycles. The highest BCUT2D eigenvalue weighted by Crippen LogP contribution is 2.33. The van der Waals surface area contributed by atoms with Crippen molar-refractivity contribution in [2.45, 2.75) is 20.4 Å². The quantitative estimate of drug-likeness (QED) is 0.727. The first-order chi connectivity index (χ1) is 9.56. The van der Waals surface area contributed by atoms with Crippen molar-refractivity contribution in [1.82, 2.24) is 4.57 Å². The van der Waals surface area contributed by atoms with Gasteiger partial charge in [0.1, 0.15) is 5.75 Å². The Morgan fingerprint density at radius 3 is 2.45 bits per heavy atom. The Morgan fingerprint density at radius 1 is 1.05 bits per heavy atom. The van der Waals surface area contributed by atoms with Gasteiger partial charge in [-0.2, -0.15) is 0 Å². The highest BCUT2D eigenvalue weighted by Gasteiger charge is 2.13. The Kier molecular flexibility index (Phi) is 3.19. The number of nitrogens with zero attached hydrogens (tertiary/aromatic N) is 1. The molecule has 3 heteroatoms. The number of benzene rings is 2. The maximum absolute atomic E-state index is 10.2. The number of rotatable bonds is 2. The van der Waals surface area contributed by atoms with E-state index in [0.717, 1.165) is 23.1 Å². The fraction of sp³-hybridized carbons (Fsp3) is 0.176. The minimum Gasteiger partial charge on any atom is -0.505 e. The van der Waals surface area contributed by atoms with Crippen molar-refractivity contribution < 1.29 is 5.11 Å². The average molecular weight is 286 g/mol. The topological polar surface area (TPSA) is 25.2 Å². The van der Waals surface area contributed by atoms with Crippen molar-refractivity contribution in [2.24, 2.45) is 0 Å². The fourth-order valence-electron chi connectivity index (χ4n) is 2.52. The van der Waals surface area contributed by atoms with Gasteiger partial charge in [0, 0.05) is 17.0 Å². The summed E-state index contributed by atoms with van der Waals surface area (Å²) < 4.78 is 2.12. The Hall–Kier alpha value is -1.93. The number of aromatic nitrogens is 1. The van der Waals surface area contributed by atoms with E-state index in [2.05, 4.69) is 35.8 Å². The minimum atomic E-state index is 0.314. The summed E-state index contributed by atoms with van der Waals surface area (Å²) in [7, 11) is 0. The van der Waals surface area contributed by atoms with E-state index in [9.17, 15) is 5.11 Å². The second-order valence-corrected chi connectivity index (χ2v) is 5.60. The van der Waals surface area contributed by atoms with E-state index in [1.54, 1.807) is 0 Å². The Balaban J connectivity index is 2.11. The summed E-state index contributed by atoms with van der Waals surface area (Å²) >= 11 is 6.01. The molecule has 3 rings (SSSR count). The molecule has 3 aromatic rings. The van der Waals surface area contributed by atoms with E-state index in [0.29, 0.717) is 10.8 Å². The van der Waals surface area contributed by atoms with Gasteiger partial charge in [0.2, 0.25) is 0 Å². The van der Waals surface area contributed by atoms with Crippen LogP contribution in [-0.4, -0.2) is 9.67 Å². The molecule has 2 nitrogen and oxygen atoms in total. The van der Waals surface area contributed by atoms with Crippen LogP contribution >= 0.6 is 11.6 Å². The van der Waals surface area contributed by atoms with Gasteiger partial charge in [0.15, 0.2) is 0 Å². The van der Waals surface area contributed by atoms with Gasteiger partial charge in [-0.15, -0.1) is 0 Å². The zero-order chi connectivity index (χ0) is 14.3. The number of hydrogen-bond donors (Lipinski definition) is 1. The lowest BCUT2D eigenvalue weighted by Crippen LogP contribution is -2.01. The standard InChI is InChI=1S/C17H16ClNO/c1-11-3-5-13(6-4-11)10-19-12(2)17(20)15-9-14(18)7-8-16(15)19/h3-9,20H,10H2,1-2H3. The maximum Gasteiger partial charge on any atom is 0.144 e. The van der Waals surface area contributed by atoms with Crippen LogP contribution < -0.4 is 0 Å². The van der Waals surface area contributed by atoms with Gasteiger partial charge in [-0.1, -0.05) is 41.4 Å². The van der Waals surface area contributed by atoms with Crippen LogP contribution in [0.4, 0.5) is 0 Å². The van der Waals surface area contributed by atoms with Crippen LogP contribution in [0.15, 0.2) is 42.5 Å². The molecule has 102 valence electrons. The third kappa shape index (κ3) is 2.16. The molecule has 0 aliphatic carbocycles. The van der Waals surface area contributed by atoms with Crippen molar-refractivity contribution in [3.8, 4) is 5.75 Å². The maximum atomic E-state index is 10.2. The number of fused-ring (bicyclic) bond motifs is 1. The lowest BCUT2D eigenvalue weighted by Gasteiger charge is -2.08. The first-order valence-electron chi connectivity index (χ1n) is 6.59. The molecule has 0 aliphatic rings. The number of hydrogen-bond acceptors (Lipinski definition) is 1. The molecular formula is C17H16ClNO. The van der Waals surface area contributed by atoms with Crippen molar-refractivity contribution in [1.29, 1.82) is 0 Å². The Labute approximate surface area is 123 Å². The predicted molar refractivity (Wildman–Crippen MR) is 83.6 cm³/mol. The molecule has 0 radical (unpaired) electrons. The van der Waals surface area contributed by atoms with Crippen molar-refractivity contribution in [3.63, 3.8) is 0 Å². The van der Waals surface area contributed by atoms with Crippen molar-refractivity contribution in [3.05, 3.63) is 64.3 Å². The molecule has 0 atom stereocenters. The van der Waals surface area contributed by atoms with E-state index >= 15 is 0 Å². The molecule has 2 aromatic carbocycles. The van der Waals surface area contributed by atoms with Crippen LogP contribution in [0.2, 0.25) is 5.02 Å². The Morgan fingerprint density at radius 2 is 1.75 bits per heavy atom. The van der Waals surface area contributed by atoms with Gasteiger partial charge < -0.3 is 9.67 Å². The smallest absolute Gasteiger partial charge is 0.144 e. The second kappa shape index (κ2) is 4.88. The van der Waals surface area contributed by atoms with Crippen LogP contribution in [0.25, 0.3) is 10.9 Å². The molecule has 0 saturated heterocycles. The molecule has 0 bridgehead atoms. The van der Waals surface area contributed by atoms with E-state index < -0.39 is 0 Å². The third-order valence-electron chi connectivity index (χ3n) is 3.71. The van der Waals surface area contributed by atoms with E-state index in [1.807, 2.05) is 25.1 Å². The van der Waals surface area contributed by atoms with Crippen molar-refractivity contribution in [2.75, 3.05) is 0 Å². The largest absolute Gasteiger partial charge is 0.505 e. The van der Waals surface area contributed by atoms with Gasteiger partial charge >= 0.3 is 0 Å². The second-order valence-electron chi connectivity index (χ2n) is 5.17. The SMILES string of the molecule is Cc1ccc(Cn2c(C)c(O)c3cc(Cl)ccc32)cc1. The number of halogens is 1. The zero-order valence-corrected chi connectivity index (χ0v) is 12.3. The van der Waals surface area contributed by atoms with E-state index in [1.165, 1.54) is 11.1 Å². The molecular weight excluding hydrogens is 270 g/mol. The third-order valence-corrected chi connectivity index (χ3v) is 3.95. The highest BCUT2D eigenvalue weighted by molar-refractivity contribution is 6.31. The van der Waals surface area contributed by atoms with Crippen molar-refractivity contribution >= 4 is 22.5 Å². The summed E-state index contributed by atoms with van der Waals surface area (Å²) in [6.45, 7) is 4.75. The lowest BCUT2D eigenvalue weighted by atomic mass is 10.1. The molecule has 0 amide bonds. The summed E-state index contributed by atoms with van der Waals surface area (Å²) in [6.07, 6.45) is 0. The molecule has 0 saturated carbocycles. The molecule has 20 heavy (non-hydrogen) atoms. The van der Waals surface area contributed by atoms with Crippen LogP contribution in [0, 0.1) is 13.8 Å². The summed E-state index contributed by atoms with van der Waals surface area (Å²) in [5.74, 6) is 0.314. The van der Waals surface area contributed by atoms with E-state index in [-0.39, 0.29) is 0 Å². The van der Waals surface area contributed by atoms with Gasteiger partial charge in [-0.3, -0.25) is 0 Å². The normalized spacial score (nSPS) is 11.2. The van der Waals surface area contributed by atoms with E-state index in [4.69, 9.17) is 11.6 Å². The average Bonchev–Trinajstić information content (AvgIpc) is 2.66. The summed E-state index contributed by atoms with van der Waals surface area (Å²) in [5, 5.41) is 11.7. The summed E-state index contributed by atoms with van der Waals surface area (Å²) in [5.41, 5.74) is 4.33. The predicted octanol–water partition coefficient (Wildman–Crippen LogP) is 4.67. The molecule has 1 N–H and O–H groups in total. The molecule has 0 spiro atoms. The number of aryl methyl sites for hydroxylation is 1. The summed E-state index contributed by atoms with van der Waals surface area (Å²) in [4.78, 5) is 0. The van der Waals surface area contributed by atoms with Crippen LogP contribution in [-0.2, 0) is 6.54 Å². The highest BCUT2D eigenvalue weighted by atomic mass is 35.5. The Bertz CT molecular complexity index is 772. The van der Waals surface area contributed by atoms with Gasteiger partial charge in [0.25, 0.3) is 0 Å². The van der Waals surface area contributed by atoms with Crippen LogP contribution in [0.1, 0.15) is 16.8 Å². The minimum absolute atomic E-state index is 0.314. The molecule has 1 heterocycles. The van der Waals surface area contributed by atoms with Crippen LogP contribution in [0.5, 0.6) is 5.75 Å². The first kappa shape index (κ1) is 13.1. The fourth-order valence-corrected chi connectivity index (χ4v) is 2.69. The molecule has 1 aromatic heterocycles. The summed E-state index contributed by atoms with van der Waals surface area (Å²) in [6, 6.07) is 14.1. The number of aromatic hydroxyl groups is 1.